The van der Waals surface area contributed by atoms with Crippen LogP contribution in [-0.2, 0) is 21.3 Å². The van der Waals surface area contributed by atoms with E-state index in [1.54, 1.807) is 16.4 Å². The number of hydrogen-bond donors (Lipinski definition) is 1. The number of carbonyl (C=O) groups is 1. The summed E-state index contributed by atoms with van der Waals surface area (Å²) < 4.78 is 33.6. The lowest BCUT2D eigenvalue weighted by Crippen LogP contribution is -2.42. The zero-order valence-corrected chi connectivity index (χ0v) is 20.2. The van der Waals surface area contributed by atoms with E-state index in [4.69, 9.17) is 4.74 Å². The van der Waals surface area contributed by atoms with Crippen LogP contribution in [0.15, 0.2) is 47.4 Å². The molecule has 1 atom stereocenters. The Morgan fingerprint density at radius 3 is 2.61 bits per heavy atom. The maximum atomic E-state index is 13.3. The largest absolute Gasteiger partial charge is 0.379 e. The highest BCUT2D eigenvalue weighted by atomic mass is 32.2. The van der Waals surface area contributed by atoms with Gasteiger partial charge in [-0.05, 0) is 56.0 Å². The fourth-order valence-corrected chi connectivity index (χ4v) is 6.27. The Balaban J connectivity index is 1.56. The lowest BCUT2D eigenvalue weighted by Gasteiger charge is -2.32. The Hall–Kier alpha value is -2.26. The van der Waals surface area contributed by atoms with E-state index >= 15 is 0 Å². The quantitative estimate of drug-likeness (QED) is 0.696. The molecule has 0 spiro atoms. The molecule has 1 N–H and O–H groups in total. The highest BCUT2D eigenvalue weighted by molar-refractivity contribution is 7.89. The lowest BCUT2D eigenvalue weighted by atomic mass is 10.1. The van der Waals surface area contributed by atoms with Crippen molar-refractivity contribution in [3.63, 3.8) is 0 Å². The normalized spacial score (nSPS) is 20.5. The van der Waals surface area contributed by atoms with Gasteiger partial charge in [0.2, 0.25) is 10.0 Å². The Labute approximate surface area is 196 Å². The molecule has 4 rings (SSSR count). The van der Waals surface area contributed by atoms with Gasteiger partial charge in [0.15, 0.2) is 0 Å². The molecule has 33 heavy (non-hydrogen) atoms. The fourth-order valence-electron chi connectivity index (χ4n) is 4.54. The summed E-state index contributed by atoms with van der Waals surface area (Å²) in [5.41, 5.74) is 2.88. The van der Waals surface area contributed by atoms with Gasteiger partial charge in [-0.1, -0.05) is 30.7 Å². The van der Waals surface area contributed by atoms with Crippen molar-refractivity contribution in [2.45, 2.75) is 50.6 Å². The summed E-state index contributed by atoms with van der Waals surface area (Å²) in [4.78, 5) is 15.7. The van der Waals surface area contributed by atoms with Gasteiger partial charge in [-0.15, -0.1) is 0 Å². The zero-order valence-electron chi connectivity index (χ0n) is 19.4. The number of piperidine rings is 1. The molecule has 2 aliphatic heterocycles. The molecule has 2 saturated heterocycles. The topological polar surface area (TPSA) is 79.0 Å². The van der Waals surface area contributed by atoms with E-state index in [9.17, 15) is 13.2 Å². The molecule has 0 aliphatic carbocycles. The van der Waals surface area contributed by atoms with Crippen molar-refractivity contribution in [3.05, 3.63) is 59.2 Å². The molecule has 7 nitrogen and oxygen atoms in total. The monoisotopic (exact) mass is 471 g/mol. The molecule has 2 fully saturated rings. The highest BCUT2D eigenvalue weighted by Crippen LogP contribution is 2.27. The van der Waals surface area contributed by atoms with Crippen molar-refractivity contribution in [2.75, 3.05) is 38.2 Å². The van der Waals surface area contributed by atoms with E-state index in [0.717, 1.165) is 55.7 Å². The molecule has 2 heterocycles. The van der Waals surface area contributed by atoms with Gasteiger partial charge in [-0.2, -0.15) is 4.31 Å². The molecular formula is C25H33N3O4S. The molecular weight excluding hydrogens is 438 g/mol. The number of carbonyl (C=O) groups excluding carboxylic acids is 1. The summed E-state index contributed by atoms with van der Waals surface area (Å²) >= 11 is 0. The van der Waals surface area contributed by atoms with Crippen LogP contribution < -0.4 is 5.32 Å². The number of nitrogens with zero attached hydrogens (tertiary/aromatic N) is 2. The van der Waals surface area contributed by atoms with Gasteiger partial charge in [0.1, 0.15) is 0 Å². The van der Waals surface area contributed by atoms with Gasteiger partial charge in [0, 0.05) is 43.5 Å². The van der Waals surface area contributed by atoms with Crippen molar-refractivity contribution in [2.24, 2.45) is 0 Å². The van der Waals surface area contributed by atoms with E-state index in [0.29, 0.717) is 25.3 Å². The molecule has 0 radical (unpaired) electrons. The third kappa shape index (κ3) is 5.46. The van der Waals surface area contributed by atoms with Gasteiger partial charge in [-0.25, -0.2) is 8.42 Å². The van der Waals surface area contributed by atoms with Crippen molar-refractivity contribution in [3.8, 4) is 0 Å². The van der Waals surface area contributed by atoms with Crippen LogP contribution in [0.4, 0.5) is 5.69 Å². The van der Waals surface area contributed by atoms with Crippen molar-refractivity contribution in [1.29, 1.82) is 0 Å². The maximum Gasteiger partial charge on any atom is 0.255 e. The first-order valence-electron chi connectivity index (χ1n) is 11.7. The molecule has 178 valence electrons. The van der Waals surface area contributed by atoms with Gasteiger partial charge < -0.3 is 10.1 Å². The minimum absolute atomic E-state index is 0.0330. The van der Waals surface area contributed by atoms with Crippen LogP contribution in [0.2, 0.25) is 0 Å². The predicted molar refractivity (Wildman–Crippen MR) is 129 cm³/mol. The first-order chi connectivity index (χ1) is 15.9. The minimum atomic E-state index is -3.65. The molecule has 1 amide bonds. The van der Waals surface area contributed by atoms with E-state index in [1.165, 1.54) is 6.07 Å². The smallest absolute Gasteiger partial charge is 0.255 e. The van der Waals surface area contributed by atoms with Crippen LogP contribution in [-0.4, -0.2) is 62.4 Å². The van der Waals surface area contributed by atoms with Crippen LogP contribution in [0.1, 0.15) is 47.7 Å². The number of anilines is 1. The second-order valence-corrected chi connectivity index (χ2v) is 10.8. The number of hydrogen-bond acceptors (Lipinski definition) is 5. The summed E-state index contributed by atoms with van der Waals surface area (Å²) in [6, 6.07) is 12.6. The van der Waals surface area contributed by atoms with Crippen LogP contribution in [0.25, 0.3) is 0 Å². The SMILES string of the molecule is Cc1ccc(S(=O)(=O)N2CCCCC2C)cc1C(=O)Nc1ccccc1CN1CCOCC1. The van der Waals surface area contributed by atoms with E-state index in [1.807, 2.05) is 38.1 Å². The van der Waals surface area contributed by atoms with Crippen molar-refractivity contribution in [1.82, 2.24) is 9.21 Å². The molecule has 0 saturated carbocycles. The van der Waals surface area contributed by atoms with E-state index in [2.05, 4.69) is 10.2 Å². The van der Waals surface area contributed by atoms with Gasteiger partial charge >= 0.3 is 0 Å². The van der Waals surface area contributed by atoms with Crippen molar-refractivity contribution >= 4 is 21.6 Å². The number of sulfonamides is 1. The van der Waals surface area contributed by atoms with Crippen LogP contribution >= 0.6 is 0 Å². The average Bonchev–Trinajstić information content (AvgIpc) is 2.81. The Morgan fingerprint density at radius 1 is 1.09 bits per heavy atom. The summed E-state index contributed by atoms with van der Waals surface area (Å²) in [5.74, 6) is -0.300. The molecule has 1 unspecified atom stereocenters. The number of benzene rings is 2. The molecule has 2 aliphatic rings. The third-order valence-electron chi connectivity index (χ3n) is 6.57. The molecule has 2 aromatic carbocycles. The number of para-hydroxylation sites is 1. The lowest BCUT2D eigenvalue weighted by molar-refractivity contribution is 0.0342. The van der Waals surface area contributed by atoms with Crippen LogP contribution in [0.5, 0.6) is 0 Å². The second-order valence-electron chi connectivity index (χ2n) is 8.94. The predicted octanol–water partition coefficient (Wildman–Crippen LogP) is 3.64. The van der Waals surface area contributed by atoms with E-state index in [-0.39, 0.29) is 16.8 Å². The Kier molecular flexibility index (Phi) is 7.48. The first-order valence-corrected chi connectivity index (χ1v) is 13.1. The minimum Gasteiger partial charge on any atom is -0.379 e. The highest BCUT2D eigenvalue weighted by Gasteiger charge is 2.31. The third-order valence-corrected chi connectivity index (χ3v) is 8.58. The summed E-state index contributed by atoms with van der Waals surface area (Å²) in [5, 5.41) is 3.02. The summed E-state index contributed by atoms with van der Waals surface area (Å²) in [6.07, 6.45) is 2.76. The van der Waals surface area contributed by atoms with Crippen LogP contribution in [0.3, 0.4) is 0 Å². The van der Waals surface area contributed by atoms with Gasteiger partial charge in [0.25, 0.3) is 5.91 Å². The van der Waals surface area contributed by atoms with Gasteiger partial charge in [-0.3, -0.25) is 9.69 Å². The molecule has 8 heteroatoms. The zero-order chi connectivity index (χ0) is 23.4. The fraction of sp³-hybridized carbons (Fsp3) is 0.480. The van der Waals surface area contributed by atoms with E-state index < -0.39 is 10.0 Å². The second kappa shape index (κ2) is 10.3. The number of morpholine rings is 1. The Morgan fingerprint density at radius 2 is 1.85 bits per heavy atom. The number of ether oxygens (including phenoxy) is 1. The summed E-state index contributed by atoms with van der Waals surface area (Å²) in [7, 11) is -3.65. The van der Waals surface area contributed by atoms with Gasteiger partial charge in [0.05, 0.1) is 18.1 Å². The number of amides is 1. The number of nitrogens with one attached hydrogen (secondary N) is 1. The average molecular weight is 472 g/mol. The number of rotatable bonds is 6. The maximum absolute atomic E-state index is 13.3. The standard InChI is InChI=1S/C25H33N3O4S/c1-19-10-11-22(33(30,31)28-12-6-5-7-20(28)2)17-23(19)25(29)26-24-9-4-3-8-21(24)18-27-13-15-32-16-14-27/h3-4,8-11,17,20H,5-7,12-16,18H2,1-2H3,(H,26,29). The molecule has 2 aromatic rings. The van der Waals surface area contributed by atoms with Crippen molar-refractivity contribution < 1.29 is 17.9 Å². The molecule has 0 bridgehead atoms. The van der Waals surface area contributed by atoms with Crippen LogP contribution in [0, 0.1) is 6.92 Å². The first kappa shape index (κ1) is 23.9. The molecule has 0 aromatic heterocycles. The number of aryl methyl sites for hydroxylation is 1. The summed E-state index contributed by atoms with van der Waals surface area (Å²) in [6.45, 7) is 8.16. The Bertz CT molecular complexity index is 1100.